The summed E-state index contributed by atoms with van der Waals surface area (Å²) in [4.78, 5) is 29.9. The number of rotatable bonds is 6. The second-order valence-electron chi connectivity index (χ2n) is 7.24. The molecule has 8 nitrogen and oxygen atoms in total. The maximum atomic E-state index is 12.9. The molecule has 1 N–H and O–H groups in total. The van der Waals surface area contributed by atoms with Crippen LogP contribution in [0.3, 0.4) is 0 Å². The SMILES string of the molecule is CC(C)n1ncc2c(C(=O)OCC(=O)Nc3sccc3C#N)cc(-c3ccccc3)nc21. The molecule has 32 heavy (non-hydrogen) atoms. The number of ether oxygens (including phenoxy) is 1. The molecule has 9 heteroatoms. The maximum absolute atomic E-state index is 12.9. The predicted octanol–water partition coefficient (Wildman–Crippen LogP) is 4.41. The molecule has 4 rings (SSSR count). The standard InChI is InChI=1S/C23H19N5O3S/c1-14(2)28-21-18(12-25-28)17(10-19(26-21)15-6-4-3-5-7-15)23(30)31-13-20(29)27-22-16(11-24)8-9-32-22/h3-10,12,14H,13H2,1-2H3,(H,27,29). The van der Waals surface area contributed by atoms with Gasteiger partial charge >= 0.3 is 5.97 Å². The summed E-state index contributed by atoms with van der Waals surface area (Å²) in [5.41, 5.74) is 2.66. The van der Waals surface area contributed by atoms with E-state index in [2.05, 4.69) is 10.4 Å². The molecule has 3 heterocycles. The highest BCUT2D eigenvalue weighted by Gasteiger charge is 2.20. The summed E-state index contributed by atoms with van der Waals surface area (Å²) in [6.07, 6.45) is 1.58. The molecule has 0 spiro atoms. The minimum Gasteiger partial charge on any atom is -0.452 e. The smallest absolute Gasteiger partial charge is 0.339 e. The molecule has 0 fully saturated rings. The molecule has 0 radical (unpaired) electrons. The third-order valence-electron chi connectivity index (χ3n) is 4.72. The van der Waals surface area contributed by atoms with Gasteiger partial charge in [-0.2, -0.15) is 10.4 Å². The Balaban J connectivity index is 1.61. The first-order valence-electron chi connectivity index (χ1n) is 9.86. The lowest BCUT2D eigenvalue weighted by Gasteiger charge is -2.11. The summed E-state index contributed by atoms with van der Waals surface area (Å²) in [5, 5.41) is 18.7. The quantitative estimate of drug-likeness (QED) is 0.440. The van der Waals surface area contributed by atoms with Crippen LogP contribution in [-0.4, -0.2) is 33.2 Å². The van der Waals surface area contributed by atoms with Crippen LogP contribution in [0.15, 0.2) is 54.0 Å². The van der Waals surface area contributed by atoms with Crippen LogP contribution in [0, 0.1) is 11.3 Å². The number of nitrogens with zero attached hydrogens (tertiary/aromatic N) is 4. The van der Waals surface area contributed by atoms with Crippen molar-refractivity contribution < 1.29 is 14.3 Å². The molecule has 160 valence electrons. The Bertz CT molecular complexity index is 1330. The van der Waals surface area contributed by atoms with E-state index in [4.69, 9.17) is 15.0 Å². The minimum absolute atomic E-state index is 0.0424. The third-order valence-corrected chi connectivity index (χ3v) is 5.55. The van der Waals surface area contributed by atoms with Gasteiger partial charge in [-0.25, -0.2) is 14.5 Å². The van der Waals surface area contributed by atoms with Crippen molar-refractivity contribution in [2.24, 2.45) is 0 Å². The molecule has 0 aliphatic rings. The number of thiophene rings is 1. The monoisotopic (exact) mass is 445 g/mol. The third kappa shape index (κ3) is 4.22. The number of hydrogen-bond donors (Lipinski definition) is 1. The molecule has 0 saturated carbocycles. The van der Waals surface area contributed by atoms with Crippen molar-refractivity contribution in [1.82, 2.24) is 14.8 Å². The van der Waals surface area contributed by atoms with Crippen LogP contribution < -0.4 is 5.32 Å². The lowest BCUT2D eigenvalue weighted by Crippen LogP contribution is -2.21. The topological polar surface area (TPSA) is 110 Å². The van der Waals surface area contributed by atoms with Gasteiger partial charge in [0, 0.05) is 11.6 Å². The average Bonchev–Trinajstić information content (AvgIpc) is 3.44. The summed E-state index contributed by atoms with van der Waals surface area (Å²) in [6.45, 7) is 3.47. The fraction of sp³-hybridized carbons (Fsp3) is 0.174. The highest BCUT2D eigenvalue weighted by molar-refractivity contribution is 7.14. The number of carbonyl (C=O) groups excluding carboxylic acids is 2. The number of amides is 1. The van der Waals surface area contributed by atoms with Crippen LogP contribution in [0.4, 0.5) is 5.00 Å². The van der Waals surface area contributed by atoms with Crippen LogP contribution in [0.5, 0.6) is 0 Å². The molecule has 0 saturated heterocycles. The number of nitrogens with one attached hydrogen (secondary N) is 1. The van der Waals surface area contributed by atoms with Crippen molar-refractivity contribution >= 4 is 39.2 Å². The number of anilines is 1. The number of esters is 1. The number of nitriles is 1. The van der Waals surface area contributed by atoms with Crippen LogP contribution in [0.25, 0.3) is 22.3 Å². The number of hydrogen-bond acceptors (Lipinski definition) is 7. The zero-order valence-corrected chi connectivity index (χ0v) is 18.2. The van der Waals surface area contributed by atoms with Crippen molar-refractivity contribution in [3.05, 3.63) is 65.2 Å². The largest absolute Gasteiger partial charge is 0.452 e. The molecule has 1 amide bonds. The highest BCUT2D eigenvalue weighted by atomic mass is 32.1. The second kappa shape index (κ2) is 8.99. The van der Waals surface area contributed by atoms with Crippen LogP contribution in [0.1, 0.15) is 35.8 Å². The lowest BCUT2D eigenvalue weighted by molar-refractivity contribution is -0.119. The van der Waals surface area contributed by atoms with Gasteiger partial charge in [0.25, 0.3) is 5.91 Å². The number of pyridine rings is 1. The van der Waals surface area contributed by atoms with Gasteiger partial charge in [-0.3, -0.25) is 4.79 Å². The Morgan fingerprint density at radius 1 is 1.25 bits per heavy atom. The minimum atomic E-state index is -0.653. The maximum Gasteiger partial charge on any atom is 0.339 e. The lowest BCUT2D eigenvalue weighted by atomic mass is 10.1. The van der Waals surface area contributed by atoms with E-state index in [9.17, 15) is 9.59 Å². The van der Waals surface area contributed by atoms with E-state index in [0.717, 1.165) is 5.56 Å². The summed E-state index contributed by atoms with van der Waals surface area (Å²) >= 11 is 1.23. The Labute approximate surface area is 188 Å². The fourth-order valence-corrected chi connectivity index (χ4v) is 3.94. The van der Waals surface area contributed by atoms with E-state index in [0.29, 0.717) is 27.3 Å². The second-order valence-corrected chi connectivity index (χ2v) is 8.16. The molecule has 1 aromatic carbocycles. The van der Waals surface area contributed by atoms with Crippen molar-refractivity contribution in [1.29, 1.82) is 5.26 Å². The Kier molecular flexibility index (Phi) is 5.96. The Morgan fingerprint density at radius 3 is 2.75 bits per heavy atom. The normalized spacial score (nSPS) is 10.8. The molecule has 3 aromatic heterocycles. The predicted molar refractivity (Wildman–Crippen MR) is 121 cm³/mol. The molecule has 0 bridgehead atoms. The van der Waals surface area contributed by atoms with Gasteiger partial charge in [0.2, 0.25) is 0 Å². The van der Waals surface area contributed by atoms with Gasteiger partial charge in [0.05, 0.1) is 28.4 Å². The van der Waals surface area contributed by atoms with E-state index in [1.807, 2.05) is 50.2 Å². The van der Waals surface area contributed by atoms with Gasteiger partial charge in [0.1, 0.15) is 11.1 Å². The van der Waals surface area contributed by atoms with Crippen molar-refractivity contribution in [2.75, 3.05) is 11.9 Å². The summed E-state index contributed by atoms with van der Waals surface area (Å²) in [6, 6.07) is 14.8. The first kappa shape index (κ1) is 21.2. The summed E-state index contributed by atoms with van der Waals surface area (Å²) in [7, 11) is 0. The van der Waals surface area contributed by atoms with Gasteiger partial charge in [-0.1, -0.05) is 30.3 Å². The fourth-order valence-electron chi connectivity index (χ4n) is 3.19. The summed E-state index contributed by atoms with van der Waals surface area (Å²) in [5.74, 6) is -1.18. The summed E-state index contributed by atoms with van der Waals surface area (Å²) < 4.78 is 7.03. The van der Waals surface area contributed by atoms with E-state index in [1.165, 1.54) is 11.3 Å². The van der Waals surface area contributed by atoms with Crippen LogP contribution >= 0.6 is 11.3 Å². The molecule has 0 aliphatic heterocycles. The Hall–Kier alpha value is -4.03. The number of aromatic nitrogens is 3. The van der Waals surface area contributed by atoms with Crippen LogP contribution in [0.2, 0.25) is 0 Å². The highest BCUT2D eigenvalue weighted by Crippen LogP contribution is 2.27. The number of fused-ring (bicyclic) bond motifs is 1. The zero-order chi connectivity index (χ0) is 22.7. The molecule has 0 aliphatic carbocycles. The van der Waals surface area contributed by atoms with E-state index in [-0.39, 0.29) is 11.6 Å². The van der Waals surface area contributed by atoms with Gasteiger partial charge < -0.3 is 10.1 Å². The van der Waals surface area contributed by atoms with Crippen molar-refractivity contribution in [3.8, 4) is 17.3 Å². The first-order chi connectivity index (χ1) is 15.5. The number of carbonyl (C=O) groups is 2. The van der Waals surface area contributed by atoms with E-state index in [1.54, 1.807) is 28.4 Å². The molecular weight excluding hydrogens is 426 g/mol. The zero-order valence-electron chi connectivity index (χ0n) is 17.4. The van der Waals surface area contributed by atoms with Crippen molar-refractivity contribution in [3.63, 3.8) is 0 Å². The van der Waals surface area contributed by atoms with Crippen LogP contribution in [-0.2, 0) is 9.53 Å². The Morgan fingerprint density at radius 2 is 2.03 bits per heavy atom. The average molecular weight is 446 g/mol. The molecular formula is C23H19N5O3S. The van der Waals surface area contributed by atoms with Crippen molar-refractivity contribution in [2.45, 2.75) is 19.9 Å². The van der Waals surface area contributed by atoms with Gasteiger partial charge in [-0.15, -0.1) is 11.3 Å². The van der Waals surface area contributed by atoms with Gasteiger partial charge in [0.15, 0.2) is 12.3 Å². The van der Waals surface area contributed by atoms with Gasteiger partial charge in [-0.05, 0) is 31.4 Å². The number of benzene rings is 1. The molecule has 0 atom stereocenters. The first-order valence-corrected chi connectivity index (χ1v) is 10.7. The van der Waals surface area contributed by atoms with E-state index >= 15 is 0 Å². The van der Waals surface area contributed by atoms with E-state index < -0.39 is 18.5 Å². The molecule has 4 aromatic rings. The molecule has 0 unspecified atom stereocenters.